The van der Waals surface area contributed by atoms with E-state index in [0.29, 0.717) is 48.2 Å². The van der Waals surface area contributed by atoms with E-state index in [9.17, 15) is 9.90 Å². The zero-order valence-corrected chi connectivity index (χ0v) is 20.3. The van der Waals surface area contributed by atoms with Crippen LogP contribution < -0.4 is 9.80 Å². The third-order valence-corrected chi connectivity index (χ3v) is 6.58. The normalized spacial score (nSPS) is 21.5. The highest BCUT2D eigenvalue weighted by molar-refractivity contribution is 6.06. The molecule has 0 saturated carbocycles. The Labute approximate surface area is 204 Å². The lowest BCUT2D eigenvalue weighted by molar-refractivity contribution is -0.124. The summed E-state index contributed by atoms with van der Waals surface area (Å²) in [5, 5.41) is 15.1. The van der Waals surface area contributed by atoms with Gasteiger partial charge in [-0.1, -0.05) is 43.3 Å². The fourth-order valence-corrected chi connectivity index (χ4v) is 4.82. The number of morpholine rings is 1. The number of ketones is 1. The van der Waals surface area contributed by atoms with E-state index < -0.39 is 11.5 Å². The van der Waals surface area contributed by atoms with Crippen LogP contribution in [0.15, 0.2) is 58.6 Å². The van der Waals surface area contributed by atoms with E-state index in [1.165, 1.54) is 0 Å². The van der Waals surface area contributed by atoms with Gasteiger partial charge in [0.2, 0.25) is 0 Å². The Kier molecular flexibility index (Phi) is 6.06. The number of phenolic OH excluding ortho intramolecular Hbond substituents is 1. The van der Waals surface area contributed by atoms with Gasteiger partial charge >= 0.3 is 0 Å². The van der Waals surface area contributed by atoms with E-state index in [0.717, 1.165) is 18.9 Å². The number of hydrogen-bond acceptors (Lipinski definition) is 8. The topological polar surface area (TPSA) is 91.9 Å². The Balaban J connectivity index is 1.64. The molecule has 0 aliphatic carbocycles. The van der Waals surface area contributed by atoms with E-state index >= 15 is 0 Å². The maximum Gasteiger partial charge on any atom is 0.173 e. The molecule has 2 aromatic heterocycles. The molecule has 1 aromatic carbocycles. The summed E-state index contributed by atoms with van der Waals surface area (Å²) in [6, 6.07) is 14.3. The quantitative estimate of drug-likeness (QED) is 0.564. The van der Waals surface area contributed by atoms with Crippen LogP contribution in [0.2, 0.25) is 0 Å². The van der Waals surface area contributed by atoms with Crippen LogP contribution in [0, 0.1) is 12.3 Å². The number of pyridine rings is 1. The van der Waals surface area contributed by atoms with Gasteiger partial charge in [0.1, 0.15) is 17.3 Å². The van der Waals surface area contributed by atoms with Crippen molar-refractivity contribution < 1.29 is 19.2 Å². The average molecular weight is 475 g/mol. The van der Waals surface area contributed by atoms with Crippen molar-refractivity contribution in [2.24, 2.45) is 5.41 Å². The number of ether oxygens (including phenoxy) is 1. The van der Waals surface area contributed by atoms with E-state index in [4.69, 9.17) is 14.2 Å². The number of para-hydroxylation sites is 1. The zero-order chi connectivity index (χ0) is 24.6. The van der Waals surface area contributed by atoms with Gasteiger partial charge in [0.15, 0.2) is 11.6 Å². The molecular formula is C27H30N4O4. The minimum atomic E-state index is -0.679. The molecule has 5 rings (SSSR count). The summed E-state index contributed by atoms with van der Waals surface area (Å²) in [6.07, 6.45) is 1.85. The molecule has 2 fully saturated rings. The highest BCUT2D eigenvalue weighted by atomic mass is 16.5. The lowest BCUT2D eigenvalue weighted by Gasteiger charge is -2.44. The maximum absolute atomic E-state index is 13.8. The highest BCUT2D eigenvalue weighted by Gasteiger charge is 2.45. The van der Waals surface area contributed by atoms with Crippen molar-refractivity contribution in [3.8, 4) is 5.75 Å². The van der Waals surface area contributed by atoms with Crippen LogP contribution in [0.25, 0.3) is 6.08 Å². The van der Waals surface area contributed by atoms with Gasteiger partial charge in [-0.05, 0) is 31.2 Å². The summed E-state index contributed by atoms with van der Waals surface area (Å²) in [6.45, 7) is 9.02. The molecule has 0 radical (unpaired) electrons. The molecule has 2 aliphatic rings. The second-order valence-electron chi connectivity index (χ2n) is 9.72. The van der Waals surface area contributed by atoms with Crippen LogP contribution in [0.4, 0.5) is 11.6 Å². The van der Waals surface area contributed by atoms with Crippen molar-refractivity contribution >= 4 is 23.5 Å². The summed E-state index contributed by atoms with van der Waals surface area (Å²) in [5.41, 5.74) is 1.19. The molecule has 2 aliphatic heterocycles. The van der Waals surface area contributed by atoms with Gasteiger partial charge in [-0.25, -0.2) is 4.98 Å². The van der Waals surface area contributed by atoms with E-state index in [2.05, 4.69) is 10.1 Å². The second kappa shape index (κ2) is 9.19. The van der Waals surface area contributed by atoms with Crippen LogP contribution in [0.1, 0.15) is 36.9 Å². The Morgan fingerprint density at radius 1 is 1.09 bits per heavy atom. The Morgan fingerprint density at radius 2 is 1.86 bits per heavy atom. The van der Waals surface area contributed by atoms with Crippen LogP contribution >= 0.6 is 0 Å². The molecule has 1 atom stereocenters. The van der Waals surface area contributed by atoms with Crippen LogP contribution in [-0.2, 0) is 9.53 Å². The molecule has 0 bridgehead atoms. The first kappa shape index (κ1) is 23.1. The monoisotopic (exact) mass is 474 g/mol. The molecule has 8 heteroatoms. The summed E-state index contributed by atoms with van der Waals surface area (Å²) in [4.78, 5) is 22.9. The molecule has 1 N–H and O–H groups in total. The van der Waals surface area contributed by atoms with Gasteiger partial charge in [-0.3, -0.25) is 4.79 Å². The van der Waals surface area contributed by atoms with Gasteiger partial charge in [0.25, 0.3) is 0 Å². The van der Waals surface area contributed by atoms with Crippen molar-refractivity contribution in [1.82, 2.24) is 10.1 Å². The summed E-state index contributed by atoms with van der Waals surface area (Å²) in [5.74, 6) is 2.29. The predicted molar refractivity (Wildman–Crippen MR) is 133 cm³/mol. The van der Waals surface area contributed by atoms with E-state index in [1.807, 2.05) is 68.1 Å². The number of piperidine rings is 1. The van der Waals surface area contributed by atoms with E-state index in [-0.39, 0.29) is 11.5 Å². The fraction of sp³-hybridized carbons (Fsp3) is 0.370. The van der Waals surface area contributed by atoms with E-state index in [1.54, 1.807) is 12.1 Å². The molecule has 4 heterocycles. The van der Waals surface area contributed by atoms with Gasteiger partial charge in [0.05, 0.1) is 24.9 Å². The first-order valence-electron chi connectivity index (χ1n) is 11.9. The number of rotatable bonds is 4. The third-order valence-electron chi connectivity index (χ3n) is 6.58. The van der Waals surface area contributed by atoms with Gasteiger partial charge in [-0.15, -0.1) is 0 Å². The zero-order valence-electron chi connectivity index (χ0n) is 20.3. The Morgan fingerprint density at radius 3 is 2.57 bits per heavy atom. The minimum Gasteiger partial charge on any atom is -0.508 e. The van der Waals surface area contributed by atoms with Crippen molar-refractivity contribution in [1.29, 1.82) is 0 Å². The Hall–Kier alpha value is -3.65. The van der Waals surface area contributed by atoms with Crippen LogP contribution in [0.3, 0.4) is 0 Å². The number of aromatic nitrogens is 2. The molecule has 2 saturated heterocycles. The number of nitrogens with zero attached hydrogens (tertiary/aromatic N) is 4. The van der Waals surface area contributed by atoms with Crippen molar-refractivity contribution in [3.63, 3.8) is 0 Å². The number of phenols is 1. The molecule has 3 aromatic rings. The van der Waals surface area contributed by atoms with Crippen LogP contribution in [-0.4, -0.2) is 53.9 Å². The molecule has 0 amide bonds. The smallest absolute Gasteiger partial charge is 0.173 e. The third kappa shape index (κ3) is 4.53. The van der Waals surface area contributed by atoms with Crippen LogP contribution in [0.5, 0.6) is 5.75 Å². The van der Waals surface area contributed by atoms with Crippen molar-refractivity contribution in [2.75, 3.05) is 42.6 Å². The number of Topliss-reactive ketones (excluding diaryl/α,β-unsaturated/α-hetero) is 1. The number of benzene rings is 1. The maximum atomic E-state index is 13.8. The first-order valence-corrected chi connectivity index (χ1v) is 11.9. The molecule has 8 nitrogen and oxygen atoms in total. The first-order chi connectivity index (χ1) is 16.8. The number of hydrogen-bond donors (Lipinski definition) is 1. The fourth-order valence-electron chi connectivity index (χ4n) is 4.82. The molecule has 182 valence electrons. The molecule has 1 unspecified atom stereocenters. The predicted octanol–water partition coefficient (Wildman–Crippen LogP) is 4.16. The van der Waals surface area contributed by atoms with Gasteiger partial charge < -0.3 is 24.2 Å². The summed E-state index contributed by atoms with van der Waals surface area (Å²) >= 11 is 0. The largest absolute Gasteiger partial charge is 0.508 e. The Bertz CT molecular complexity index is 1260. The number of carbonyl (C=O) groups excluding carboxylic acids is 1. The number of anilines is 2. The lowest BCUT2D eigenvalue weighted by atomic mass is 9.74. The van der Waals surface area contributed by atoms with Crippen molar-refractivity contribution in [3.05, 3.63) is 71.1 Å². The molecule has 0 spiro atoms. The lowest BCUT2D eigenvalue weighted by Crippen LogP contribution is -2.49. The van der Waals surface area contributed by atoms with Crippen molar-refractivity contribution in [2.45, 2.75) is 26.8 Å². The second-order valence-corrected chi connectivity index (χ2v) is 9.72. The summed E-state index contributed by atoms with van der Waals surface area (Å²) in [7, 11) is 0. The van der Waals surface area contributed by atoms with Gasteiger partial charge in [0, 0.05) is 42.3 Å². The number of carbonyl (C=O) groups is 1. The molecular weight excluding hydrogens is 444 g/mol. The minimum absolute atomic E-state index is 0.0146. The number of aromatic hydroxyl groups is 1. The average Bonchev–Trinajstić information content (AvgIpc) is 3.29. The summed E-state index contributed by atoms with van der Waals surface area (Å²) < 4.78 is 10.8. The van der Waals surface area contributed by atoms with Gasteiger partial charge in [-0.2, -0.15) is 0 Å². The highest BCUT2D eigenvalue weighted by Crippen LogP contribution is 2.45. The molecule has 35 heavy (non-hydrogen) atoms. The SMILES string of the molecule is Cc1cc(N2CC(C)(C)C(=O)C(=Cc3cccc(N4CCOCC4)n3)C2c2ccccc2O)no1. The standard InChI is InChI=1S/C27H30N4O4/c1-18-15-24(29-35-18)31-17-27(2,3)26(33)21(25(31)20-8-4-5-9-22(20)32)16-19-7-6-10-23(28-19)30-11-13-34-14-12-30/h4-10,15-16,25,32H,11-14,17H2,1-3H3. The number of aryl methyl sites for hydroxylation is 1.